The summed E-state index contributed by atoms with van der Waals surface area (Å²) in [4.78, 5) is 14.4. The molecule has 1 fully saturated rings. The van der Waals surface area contributed by atoms with Crippen LogP contribution in [0.25, 0.3) is 0 Å². The van der Waals surface area contributed by atoms with Crippen LogP contribution >= 0.6 is 0 Å². The number of amides is 1. The Balaban J connectivity index is 1.82. The molecule has 1 aliphatic heterocycles. The Morgan fingerprint density at radius 3 is 2.82 bits per heavy atom. The third-order valence-electron chi connectivity index (χ3n) is 3.76. The molecular weight excluding hydrogens is 282 g/mol. The van der Waals surface area contributed by atoms with Crippen LogP contribution in [0.4, 0.5) is 0 Å². The molecule has 0 radical (unpaired) electrons. The summed E-state index contributed by atoms with van der Waals surface area (Å²) < 4.78 is 10.8. The van der Waals surface area contributed by atoms with Crippen molar-refractivity contribution in [1.29, 1.82) is 0 Å². The third-order valence-corrected chi connectivity index (χ3v) is 3.76. The molecule has 1 saturated heterocycles. The standard InChI is InChI=1S/C16H27N3O3/c1-3-7-19(8-4-2)12-14-10-15(18-22-14)16(20)17-11-13-6-5-9-21-13/h10,13H,3-9,11-12H2,1-2H3,(H,17,20)/t13-/m1/s1. The highest BCUT2D eigenvalue weighted by Gasteiger charge is 2.19. The molecule has 0 unspecified atom stereocenters. The van der Waals surface area contributed by atoms with E-state index in [1.807, 2.05) is 0 Å². The molecular formula is C16H27N3O3. The van der Waals surface area contributed by atoms with Crippen LogP contribution in [-0.4, -0.2) is 48.3 Å². The van der Waals surface area contributed by atoms with Crippen LogP contribution in [0.3, 0.4) is 0 Å². The van der Waals surface area contributed by atoms with Gasteiger partial charge in [-0.3, -0.25) is 9.69 Å². The second-order valence-corrected chi connectivity index (χ2v) is 5.80. The average Bonchev–Trinajstić information content (AvgIpc) is 3.17. The van der Waals surface area contributed by atoms with Gasteiger partial charge >= 0.3 is 0 Å². The van der Waals surface area contributed by atoms with Crippen LogP contribution in [-0.2, 0) is 11.3 Å². The SMILES string of the molecule is CCCN(CCC)Cc1cc(C(=O)NC[C@H]2CCCO2)no1. The summed E-state index contributed by atoms with van der Waals surface area (Å²) in [6.45, 7) is 8.40. The fourth-order valence-corrected chi connectivity index (χ4v) is 2.72. The predicted octanol–water partition coefficient (Wildman–Crippen LogP) is 2.21. The predicted molar refractivity (Wildman–Crippen MR) is 83.7 cm³/mol. The van der Waals surface area contributed by atoms with Crippen LogP contribution in [0.2, 0.25) is 0 Å². The maximum Gasteiger partial charge on any atom is 0.273 e. The number of carbonyl (C=O) groups excluding carboxylic acids is 1. The summed E-state index contributed by atoms with van der Waals surface area (Å²) in [6, 6.07) is 1.74. The minimum absolute atomic E-state index is 0.139. The Bertz CT molecular complexity index is 449. The fraction of sp³-hybridized carbons (Fsp3) is 0.750. The van der Waals surface area contributed by atoms with E-state index in [1.54, 1.807) is 6.07 Å². The van der Waals surface area contributed by atoms with Gasteiger partial charge in [0, 0.05) is 19.2 Å². The maximum atomic E-state index is 12.0. The van der Waals surface area contributed by atoms with Gasteiger partial charge in [-0.15, -0.1) is 0 Å². The van der Waals surface area contributed by atoms with E-state index >= 15 is 0 Å². The average molecular weight is 309 g/mol. The summed E-state index contributed by atoms with van der Waals surface area (Å²) in [7, 11) is 0. The topological polar surface area (TPSA) is 67.6 Å². The smallest absolute Gasteiger partial charge is 0.273 e. The molecule has 0 saturated carbocycles. The minimum atomic E-state index is -0.192. The summed E-state index contributed by atoms with van der Waals surface area (Å²) >= 11 is 0. The molecule has 1 aromatic heterocycles. The van der Waals surface area contributed by atoms with Crippen molar-refractivity contribution in [2.45, 2.75) is 52.2 Å². The monoisotopic (exact) mass is 309 g/mol. The minimum Gasteiger partial charge on any atom is -0.376 e. The van der Waals surface area contributed by atoms with Crippen LogP contribution in [0.1, 0.15) is 55.8 Å². The van der Waals surface area contributed by atoms with Gasteiger partial charge < -0.3 is 14.6 Å². The lowest BCUT2D eigenvalue weighted by molar-refractivity contribution is 0.0850. The molecule has 22 heavy (non-hydrogen) atoms. The lowest BCUT2D eigenvalue weighted by Crippen LogP contribution is -2.31. The molecule has 2 heterocycles. The van der Waals surface area contributed by atoms with Gasteiger partial charge in [0.05, 0.1) is 12.6 Å². The Morgan fingerprint density at radius 1 is 1.41 bits per heavy atom. The highest BCUT2D eigenvalue weighted by atomic mass is 16.5. The van der Waals surface area contributed by atoms with E-state index in [0.717, 1.165) is 51.1 Å². The molecule has 1 aromatic rings. The Kier molecular flexibility index (Phi) is 6.86. The first kappa shape index (κ1) is 17.0. The first-order valence-electron chi connectivity index (χ1n) is 8.30. The second kappa shape index (κ2) is 8.90. The molecule has 0 aromatic carbocycles. The molecule has 0 aliphatic carbocycles. The van der Waals surface area contributed by atoms with Crippen LogP contribution in [0, 0.1) is 0 Å². The van der Waals surface area contributed by atoms with Crippen molar-refractivity contribution < 1.29 is 14.1 Å². The van der Waals surface area contributed by atoms with Crippen LogP contribution in [0.5, 0.6) is 0 Å². The molecule has 0 spiro atoms. The zero-order valence-electron chi connectivity index (χ0n) is 13.6. The summed E-state index contributed by atoms with van der Waals surface area (Å²) in [5.41, 5.74) is 0.348. The van der Waals surface area contributed by atoms with Gasteiger partial charge in [0.15, 0.2) is 11.5 Å². The van der Waals surface area contributed by atoms with Gasteiger partial charge in [0.2, 0.25) is 0 Å². The van der Waals surface area contributed by atoms with E-state index < -0.39 is 0 Å². The van der Waals surface area contributed by atoms with Crippen LogP contribution in [0.15, 0.2) is 10.6 Å². The fourth-order valence-electron chi connectivity index (χ4n) is 2.72. The second-order valence-electron chi connectivity index (χ2n) is 5.80. The zero-order valence-corrected chi connectivity index (χ0v) is 13.6. The molecule has 124 valence electrons. The van der Waals surface area contributed by atoms with Crippen molar-refractivity contribution >= 4 is 5.91 Å². The van der Waals surface area contributed by atoms with Crippen molar-refractivity contribution in [3.63, 3.8) is 0 Å². The van der Waals surface area contributed by atoms with E-state index in [4.69, 9.17) is 9.26 Å². The first-order chi connectivity index (χ1) is 10.7. The van der Waals surface area contributed by atoms with E-state index in [9.17, 15) is 4.79 Å². The van der Waals surface area contributed by atoms with Gasteiger partial charge in [-0.1, -0.05) is 19.0 Å². The highest BCUT2D eigenvalue weighted by Crippen LogP contribution is 2.12. The highest BCUT2D eigenvalue weighted by molar-refractivity contribution is 5.92. The summed E-state index contributed by atoms with van der Waals surface area (Å²) in [6.07, 6.45) is 4.42. The molecule has 6 nitrogen and oxygen atoms in total. The molecule has 1 atom stereocenters. The molecule has 2 rings (SSSR count). The number of hydrogen-bond acceptors (Lipinski definition) is 5. The van der Waals surface area contributed by atoms with Gasteiger partial charge in [-0.2, -0.15) is 0 Å². The lowest BCUT2D eigenvalue weighted by atomic mass is 10.2. The van der Waals surface area contributed by atoms with Crippen molar-refractivity contribution in [3.05, 3.63) is 17.5 Å². The quantitative estimate of drug-likeness (QED) is 0.757. The summed E-state index contributed by atoms with van der Waals surface area (Å²) in [5, 5.41) is 6.74. The number of rotatable bonds is 9. The van der Waals surface area contributed by atoms with Crippen molar-refractivity contribution in [3.8, 4) is 0 Å². The largest absolute Gasteiger partial charge is 0.376 e. The van der Waals surface area contributed by atoms with E-state index in [2.05, 4.69) is 29.2 Å². The van der Waals surface area contributed by atoms with Gasteiger partial charge in [-0.05, 0) is 38.8 Å². The number of nitrogens with one attached hydrogen (secondary N) is 1. The van der Waals surface area contributed by atoms with E-state index in [-0.39, 0.29) is 12.0 Å². The molecule has 6 heteroatoms. The Hall–Kier alpha value is -1.40. The van der Waals surface area contributed by atoms with Crippen LogP contribution < -0.4 is 5.32 Å². The van der Waals surface area contributed by atoms with E-state index in [0.29, 0.717) is 18.8 Å². The molecule has 1 amide bonds. The molecule has 0 bridgehead atoms. The zero-order chi connectivity index (χ0) is 15.8. The molecule has 1 N–H and O–H groups in total. The number of aromatic nitrogens is 1. The molecule has 1 aliphatic rings. The van der Waals surface area contributed by atoms with Crippen molar-refractivity contribution in [2.75, 3.05) is 26.2 Å². The number of hydrogen-bond donors (Lipinski definition) is 1. The van der Waals surface area contributed by atoms with Crippen molar-refractivity contribution in [2.24, 2.45) is 0 Å². The Morgan fingerprint density at radius 2 is 2.18 bits per heavy atom. The van der Waals surface area contributed by atoms with Gasteiger partial charge in [0.25, 0.3) is 5.91 Å². The number of carbonyl (C=O) groups is 1. The number of nitrogens with zero attached hydrogens (tertiary/aromatic N) is 2. The normalized spacial score (nSPS) is 18.0. The maximum absolute atomic E-state index is 12.0. The first-order valence-corrected chi connectivity index (χ1v) is 8.30. The van der Waals surface area contributed by atoms with Gasteiger partial charge in [0.1, 0.15) is 0 Å². The Labute approximate surface area is 132 Å². The van der Waals surface area contributed by atoms with Crippen molar-refractivity contribution in [1.82, 2.24) is 15.4 Å². The lowest BCUT2D eigenvalue weighted by Gasteiger charge is -2.18. The van der Waals surface area contributed by atoms with Gasteiger partial charge in [-0.25, -0.2) is 0 Å². The third kappa shape index (κ3) is 5.10. The van der Waals surface area contributed by atoms with E-state index in [1.165, 1.54) is 0 Å². The number of ether oxygens (including phenoxy) is 1. The summed E-state index contributed by atoms with van der Waals surface area (Å²) in [5.74, 6) is 0.548.